The fraction of sp³-hybridized carbons (Fsp3) is 0.278. The molecule has 0 aliphatic carbocycles. The molecule has 122 valence electrons. The first-order chi connectivity index (χ1) is 11.1. The molecule has 0 aromatic heterocycles. The first-order valence-corrected chi connectivity index (χ1v) is 7.90. The summed E-state index contributed by atoms with van der Waals surface area (Å²) in [6.45, 7) is 2.39. The summed E-state index contributed by atoms with van der Waals surface area (Å²) >= 11 is 5.83. The number of nitrogens with one attached hydrogen (secondary N) is 1. The molecule has 0 aliphatic rings. The summed E-state index contributed by atoms with van der Waals surface area (Å²) in [5.74, 6) is -0.0327. The van der Waals surface area contributed by atoms with Crippen LogP contribution in [-0.2, 0) is 11.2 Å². The van der Waals surface area contributed by atoms with Gasteiger partial charge in [0.1, 0.15) is 11.6 Å². The van der Waals surface area contributed by atoms with Crippen LogP contribution in [0.15, 0.2) is 48.5 Å². The highest BCUT2D eigenvalue weighted by atomic mass is 35.5. The van der Waals surface area contributed by atoms with Crippen molar-refractivity contribution in [2.45, 2.75) is 25.9 Å². The molecule has 0 spiro atoms. The Bertz CT molecular complexity index is 628. The lowest BCUT2D eigenvalue weighted by Gasteiger charge is -2.17. The Kier molecular flexibility index (Phi) is 6.41. The second kappa shape index (κ2) is 8.53. The van der Waals surface area contributed by atoms with Gasteiger partial charge >= 0.3 is 0 Å². The third-order valence-electron chi connectivity index (χ3n) is 3.38. The van der Waals surface area contributed by atoms with E-state index in [1.807, 2.05) is 31.2 Å². The highest BCUT2D eigenvalue weighted by Gasteiger charge is 2.17. The molecular formula is C18H19ClFNO2. The lowest BCUT2D eigenvalue weighted by atomic mass is 10.1. The van der Waals surface area contributed by atoms with Gasteiger partial charge in [0.05, 0.1) is 0 Å². The number of halogens is 2. The third-order valence-corrected chi connectivity index (χ3v) is 3.63. The molecule has 0 saturated carbocycles. The molecule has 1 amide bonds. The largest absolute Gasteiger partial charge is 0.481 e. The summed E-state index contributed by atoms with van der Waals surface area (Å²) in [4.78, 5) is 12.2. The van der Waals surface area contributed by atoms with Gasteiger partial charge in [-0.25, -0.2) is 4.39 Å². The first-order valence-electron chi connectivity index (χ1n) is 7.53. The number of benzene rings is 2. The van der Waals surface area contributed by atoms with Crippen LogP contribution in [0.25, 0.3) is 0 Å². The van der Waals surface area contributed by atoms with Gasteiger partial charge in [0, 0.05) is 11.6 Å². The number of hydrogen-bond donors (Lipinski definition) is 1. The zero-order chi connectivity index (χ0) is 16.7. The maximum absolute atomic E-state index is 12.9. The van der Waals surface area contributed by atoms with E-state index in [2.05, 4.69) is 5.32 Å². The quantitative estimate of drug-likeness (QED) is 0.830. The van der Waals surface area contributed by atoms with Crippen LogP contribution in [0.1, 0.15) is 18.9 Å². The summed E-state index contributed by atoms with van der Waals surface area (Å²) in [6.07, 6.45) is 0.658. The molecule has 2 rings (SSSR count). The number of rotatable bonds is 7. The lowest BCUT2D eigenvalue weighted by Crippen LogP contribution is -2.38. The van der Waals surface area contributed by atoms with Crippen LogP contribution in [0.2, 0.25) is 5.02 Å². The zero-order valence-electron chi connectivity index (χ0n) is 12.9. The fourth-order valence-electron chi connectivity index (χ4n) is 2.09. The predicted molar refractivity (Wildman–Crippen MR) is 89.3 cm³/mol. The molecule has 1 atom stereocenters. The Balaban J connectivity index is 1.82. The van der Waals surface area contributed by atoms with Crippen molar-refractivity contribution in [3.8, 4) is 5.75 Å². The van der Waals surface area contributed by atoms with Gasteiger partial charge in [-0.1, -0.05) is 30.7 Å². The van der Waals surface area contributed by atoms with Crippen molar-refractivity contribution < 1.29 is 13.9 Å². The van der Waals surface area contributed by atoms with Crippen LogP contribution in [0, 0.1) is 5.82 Å². The van der Waals surface area contributed by atoms with Crippen molar-refractivity contribution in [1.82, 2.24) is 5.32 Å². The van der Waals surface area contributed by atoms with Crippen LogP contribution in [-0.4, -0.2) is 18.6 Å². The minimum absolute atomic E-state index is 0.175. The van der Waals surface area contributed by atoms with Gasteiger partial charge in [0.15, 0.2) is 6.10 Å². The van der Waals surface area contributed by atoms with E-state index in [0.717, 1.165) is 12.0 Å². The van der Waals surface area contributed by atoms with E-state index in [9.17, 15) is 9.18 Å². The Morgan fingerprint density at radius 2 is 1.83 bits per heavy atom. The average Bonchev–Trinajstić information content (AvgIpc) is 2.56. The molecule has 2 aromatic carbocycles. The van der Waals surface area contributed by atoms with Crippen molar-refractivity contribution in [2.75, 3.05) is 6.54 Å². The van der Waals surface area contributed by atoms with Gasteiger partial charge in [-0.3, -0.25) is 4.79 Å². The van der Waals surface area contributed by atoms with E-state index >= 15 is 0 Å². The van der Waals surface area contributed by atoms with E-state index in [1.165, 1.54) is 24.3 Å². The van der Waals surface area contributed by atoms with Gasteiger partial charge in [-0.15, -0.1) is 0 Å². The standard InChI is InChI=1S/C18H19ClFNO2/c1-2-17(23-16-9-7-15(20)8-10-16)18(22)21-12-11-13-3-5-14(19)6-4-13/h3-10,17H,2,11-12H2,1H3,(H,21,22)/t17-/m0/s1. The Hall–Kier alpha value is -2.07. The summed E-state index contributed by atoms with van der Waals surface area (Å²) in [6, 6.07) is 13.1. The Morgan fingerprint density at radius 1 is 1.17 bits per heavy atom. The SMILES string of the molecule is CC[C@H](Oc1ccc(F)cc1)C(=O)NCCc1ccc(Cl)cc1. The number of ether oxygens (including phenoxy) is 1. The summed E-state index contributed by atoms with van der Waals surface area (Å²) in [7, 11) is 0. The maximum atomic E-state index is 12.9. The molecule has 23 heavy (non-hydrogen) atoms. The van der Waals surface area contributed by atoms with Gasteiger partial charge in [-0.2, -0.15) is 0 Å². The van der Waals surface area contributed by atoms with Gasteiger partial charge in [0.25, 0.3) is 5.91 Å². The molecule has 5 heteroatoms. The molecule has 0 aliphatic heterocycles. The Morgan fingerprint density at radius 3 is 2.43 bits per heavy atom. The fourth-order valence-corrected chi connectivity index (χ4v) is 2.22. The van der Waals surface area contributed by atoms with E-state index in [0.29, 0.717) is 23.7 Å². The van der Waals surface area contributed by atoms with Crippen molar-refractivity contribution in [3.63, 3.8) is 0 Å². The molecule has 1 N–H and O–H groups in total. The van der Waals surface area contributed by atoms with Crippen LogP contribution >= 0.6 is 11.6 Å². The molecular weight excluding hydrogens is 317 g/mol. The molecule has 2 aromatic rings. The second-order valence-corrected chi connectivity index (χ2v) is 5.57. The summed E-state index contributed by atoms with van der Waals surface area (Å²) < 4.78 is 18.5. The lowest BCUT2D eigenvalue weighted by molar-refractivity contribution is -0.128. The summed E-state index contributed by atoms with van der Waals surface area (Å²) in [5, 5.41) is 3.55. The highest BCUT2D eigenvalue weighted by molar-refractivity contribution is 6.30. The van der Waals surface area contributed by atoms with Crippen molar-refractivity contribution in [3.05, 3.63) is 64.9 Å². The highest BCUT2D eigenvalue weighted by Crippen LogP contribution is 2.14. The smallest absolute Gasteiger partial charge is 0.261 e. The number of amides is 1. The summed E-state index contributed by atoms with van der Waals surface area (Å²) in [5.41, 5.74) is 1.10. The van der Waals surface area contributed by atoms with Crippen LogP contribution in [0.4, 0.5) is 4.39 Å². The van der Waals surface area contributed by atoms with Gasteiger partial charge in [0.2, 0.25) is 0 Å². The molecule has 0 bridgehead atoms. The average molecular weight is 336 g/mol. The monoisotopic (exact) mass is 335 g/mol. The van der Waals surface area contributed by atoms with E-state index in [1.54, 1.807) is 0 Å². The number of carbonyl (C=O) groups excluding carboxylic acids is 1. The van der Waals surface area contributed by atoms with Crippen molar-refractivity contribution >= 4 is 17.5 Å². The molecule has 0 heterocycles. The van der Waals surface area contributed by atoms with Crippen LogP contribution in [0.5, 0.6) is 5.75 Å². The third kappa shape index (κ3) is 5.57. The van der Waals surface area contributed by atoms with Crippen molar-refractivity contribution in [1.29, 1.82) is 0 Å². The Labute approximate surface area is 140 Å². The second-order valence-electron chi connectivity index (χ2n) is 5.14. The minimum atomic E-state index is -0.592. The van der Waals surface area contributed by atoms with Gasteiger partial charge in [-0.05, 0) is 54.8 Å². The molecule has 0 fully saturated rings. The van der Waals surface area contributed by atoms with E-state index in [-0.39, 0.29) is 11.7 Å². The molecule has 0 saturated heterocycles. The first kappa shape index (κ1) is 17.3. The van der Waals surface area contributed by atoms with Crippen molar-refractivity contribution in [2.24, 2.45) is 0 Å². The van der Waals surface area contributed by atoms with Gasteiger partial charge < -0.3 is 10.1 Å². The molecule has 0 unspecified atom stereocenters. The topological polar surface area (TPSA) is 38.3 Å². The maximum Gasteiger partial charge on any atom is 0.261 e. The number of carbonyl (C=O) groups is 1. The van der Waals surface area contributed by atoms with Crippen LogP contribution < -0.4 is 10.1 Å². The number of hydrogen-bond acceptors (Lipinski definition) is 2. The van der Waals surface area contributed by atoms with Crippen LogP contribution in [0.3, 0.4) is 0 Å². The van der Waals surface area contributed by atoms with E-state index in [4.69, 9.17) is 16.3 Å². The molecule has 3 nitrogen and oxygen atoms in total. The van der Waals surface area contributed by atoms with E-state index < -0.39 is 6.10 Å². The normalized spacial score (nSPS) is 11.8. The predicted octanol–water partition coefficient (Wildman–Crippen LogP) is 4.00. The zero-order valence-corrected chi connectivity index (χ0v) is 13.6. The molecule has 0 radical (unpaired) electrons. The minimum Gasteiger partial charge on any atom is -0.481 e.